The zero-order chi connectivity index (χ0) is 18.6. The summed E-state index contributed by atoms with van der Waals surface area (Å²) < 4.78 is 16.6. The molecule has 1 saturated carbocycles. The molecule has 2 rings (SSSR count). The Morgan fingerprint density at radius 2 is 1.88 bits per heavy atom. The Morgan fingerprint density at radius 3 is 2.58 bits per heavy atom. The quantitative estimate of drug-likeness (QED) is 0.397. The van der Waals surface area contributed by atoms with Crippen molar-refractivity contribution in [1.82, 2.24) is 5.32 Å². The second-order valence-electron chi connectivity index (χ2n) is 6.44. The van der Waals surface area contributed by atoms with Crippen molar-refractivity contribution in [1.29, 1.82) is 0 Å². The number of nitrogens with one attached hydrogen (secondary N) is 2. The highest BCUT2D eigenvalue weighted by Gasteiger charge is 2.13. The highest BCUT2D eigenvalue weighted by molar-refractivity contribution is 5.93. The minimum Gasteiger partial charge on any atom is -0.493 e. The molecule has 1 fully saturated rings. The van der Waals surface area contributed by atoms with E-state index >= 15 is 0 Å². The largest absolute Gasteiger partial charge is 0.493 e. The van der Waals surface area contributed by atoms with Crippen LogP contribution in [0.15, 0.2) is 23.2 Å². The first kappa shape index (κ1) is 20.4. The maximum Gasteiger partial charge on any atom is 0.195 e. The molecular formula is C20H33N3O3. The normalized spacial score (nSPS) is 15.6. The van der Waals surface area contributed by atoms with Crippen LogP contribution in [-0.2, 0) is 4.74 Å². The molecule has 0 heterocycles. The molecule has 0 bridgehead atoms. The second-order valence-corrected chi connectivity index (χ2v) is 6.44. The topological polar surface area (TPSA) is 64.1 Å². The molecule has 0 radical (unpaired) electrons. The van der Waals surface area contributed by atoms with Gasteiger partial charge in [-0.1, -0.05) is 19.3 Å². The Hall–Kier alpha value is -1.95. The lowest BCUT2D eigenvalue weighted by molar-refractivity contribution is 0.0281. The molecule has 0 amide bonds. The van der Waals surface area contributed by atoms with Gasteiger partial charge in [-0.15, -0.1) is 0 Å². The highest BCUT2D eigenvalue weighted by Crippen LogP contribution is 2.29. The third-order valence-corrected chi connectivity index (χ3v) is 4.47. The van der Waals surface area contributed by atoms with Crippen LogP contribution in [0.25, 0.3) is 0 Å². The number of hydrogen-bond donors (Lipinski definition) is 2. The fourth-order valence-electron chi connectivity index (χ4n) is 3.09. The number of hydrogen-bond acceptors (Lipinski definition) is 4. The predicted molar refractivity (Wildman–Crippen MR) is 107 cm³/mol. The average molecular weight is 364 g/mol. The van der Waals surface area contributed by atoms with Gasteiger partial charge in [0.25, 0.3) is 0 Å². The van der Waals surface area contributed by atoms with E-state index in [0.29, 0.717) is 17.6 Å². The number of ether oxygens (including phenoxy) is 3. The van der Waals surface area contributed by atoms with Gasteiger partial charge in [-0.05, 0) is 38.3 Å². The Bertz CT molecular complexity index is 557. The number of aliphatic imine (C=N–C) groups is 1. The number of methoxy groups -OCH3 is 2. The summed E-state index contributed by atoms with van der Waals surface area (Å²) in [5, 5.41) is 6.57. The molecule has 6 nitrogen and oxygen atoms in total. The Labute approximate surface area is 157 Å². The number of guanidine groups is 1. The Kier molecular flexibility index (Phi) is 9.10. The highest BCUT2D eigenvalue weighted by atomic mass is 16.5. The monoisotopic (exact) mass is 363 g/mol. The number of nitrogens with zero attached hydrogens (tertiary/aromatic N) is 1. The van der Waals surface area contributed by atoms with Crippen LogP contribution in [0, 0.1) is 0 Å². The van der Waals surface area contributed by atoms with Gasteiger partial charge in [0.2, 0.25) is 0 Å². The van der Waals surface area contributed by atoms with Crippen LogP contribution in [0.2, 0.25) is 0 Å². The van der Waals surface area contributed by atoms with E-state index in [9.17, 15) is 0 Å². The molecule has 0 aliphatic heterocycles. The van der Waals surface area contributed by atoms with Crippen LogP contribution in [0.4, 0.5) is 5.69 Å². The summed E-state index contributed by atoms with van der Waals surface area (Å²) in [7, 11) is 3.26. The van der Waals surface area contributed by atoms with Crippen molar-refractivity contribution in [2.45, 2.75) is 51.6 Å². The molecule has 0 atom stereocenters. The van der Waals surface area contributed by atoms with Crippen molar-refractivity contribution < 1.29 is 14.2 Å². The molecule has 146 valence electrons. The summed E-state index contributed by atoms with van der Waals surface area (Å²) in [5.74, 6) is 2.16. The molecule has 0 unspecified atom stereocenters. The molecule has 0 spiro atoms. The third kappa shape index (κ3) is 6.75. The van der Waals surface area contributed by atoms with Gasteiger partial charge < -0.3 is 24.8 Å². The fraction of sp³-hybridized carbons (Fsp3) is 0.650. The first-order valence-corrected chi connectivity index (χ1v) is 9.65. The lowest BCUT2D eigenvalue weighted by atomic mass is 9.98. The van der Waals surface area contributed by atoms with Gasteiger partial charge in [0.05, 0.1) is 20.3 Å². The number of rotatable bonds is 9. The molecule has 6 heteroatoms. The smallest absolute Gasteiger partial charge is 0.195 e. The molecule has 2 N–H and O–H groups in total. The molecule has 26 heavy (non-hydrogen) atoms. The zero-order valence-corrected chi connectivity index (χ0v) is 16.3. The molecule has 0 saturated heterocycles. The van der Waals surface area contributed by atoms with Crippen LogP contribution in [0.1, 0.15) is 45.4 Å². The summed E-state index contributed by atoms with van der Waals surface area (Å²) in [4.78, 5) is 4.63. The summed E-state index contributed by atoms with van der Waals surface area (Å²) in [6, 6.07) is 5.72. The van der Waals surface area contributed by atoms with E-state index in [1.54, 1.807) is 14.2 Å². The standard InChI is InChI=1S/C20H33N3O3/c1-4-21-20(22-13-8-14-26-17-9-6-5-7-10-17)23-16-11-12-18(24-2)19(15-16)25-3/h11-12,15,17H,4-10,13-14H2,1-3H3,(H2,21,22,23). The third-order valence-electron chi connectivity index (χ3n) is 4.47. The van der Waals surface area contributed by atoms with Gasteiger partial charge in [-0.25, -0.2) is 0 Å². The number of anilines is 1. The minimum atomic E-state index is 0.464. The first-order valence-electron chi connectivity index (χ1n) is 9.65. The molecule has 0 aromatic heterocycles. The van der Waals surface area contributed by atoms with Crippen LogP contribution >= 0.6 is 0 Å². The lowest BCUT2D eigenvalue weighted by Gasteiger charge is -2.21. The van der Waals surface area contributed by atoms with E-state index in [-0.39, 0.29) is 0 Å². The SMILES string of the molecule is CCNC(=NCCCOC1CCCCC1)Nc1ccc(OC)c(OC)c1. The maximum absolute atomic E-state index is 5.96. The van der Waals surface area contributed by atoms with E-state index in [0.717, 1.165) is 37.8 Å². The summed E-state index contributed by atoms with van der Waals surface area (Å²) in [6.07, 6.45) is 7.80. The van der Waals surface area contributed by atoms with Gasteiger partial charge >= 0.3 is 0 Å². The van der Waals surface area contributed by atoms with E-state index in [1.165, 1.54) is 32.1 Å². The Balaban J connectivity index is 1.82. The van der Waals surface area contributed by atoms with E-state index in [2.05, 4.69) is 22.5 Å². The zero-order valence-electron chi connectivity index (χ0n) is 16.3. The Morgan fingerprint density at radius 1 is 1.12 bits per heavy atom. The molecule has 1 aromatic rings. The van der Waals surface area contributed by atoms with Crippen LogP contribution in [0.5, 0.6) is 11.5 Å². The van der Waals surface area contributed by atoms with Crippen LogP contribution in [0.3, 0.4) is 0 Å². The average Bonchev–Trinajstić information content (AvgIpc) is 2.68. The lowest BCUT2D eigenvalue weighted by Crippen LogP contribution is -2.30. The van der Waals surface area contributed by atoms with E-state index < -0.39 is 0 Å². The molecule has 1 aliphatic carbocycles. The van der Waals surface area contributed by atoms with Crippen molar-refractivity contribution in [2.24, 2.45) is 4.99 Å². The van der Waals surface area contributed by atoms with Crippen molar-refractivity contribution in [3.05, 3.63) is 18.2 Å². The van der Waals surface area contributed by atoms with Crippen molar-refractivity contribution in [3.63, 3.8) is 0 Å². The van der Waals surface area contributed by atoms with Crippen molar-refractivity contribution in [2.75, 3.05) is 39.2 Å². The molecule has 1 aromatic carbocycles. The van der Waals surface area contributed by atoms with E-state index in [1.807, 2.05) is 18.2 Å². The second kappa shape index (κ2) is 11.6. The summed E-state index contributed by atoms with van der Waals surface area (Å²) in [6.45, 7) is 4.37. The predicted octanol–water partition coefficient (Wildman–Crippen LogP) is 3.82. The fourth-order valence-corrected chi connectivity index (χ4v) is 3.09. The minimum absolute atomic E-state index is 0.464. The first-order chi connectivity index (χ1) is 12.8. The van der Waals surface area contributed by atoms with Gasteiger partial charge in [-0.3, -0.25) is 4.99 Å². The molecule has 1 aliphatic rings. The summed E-state index contributed by atoms with van der Waals surface area (Å²) in [5.41, 5.74) is 0.904. The maximum atomic E-state index is 5.96. The van der Waals surface area contributed by atoms with Crippen molar-refractivity contribution in [3.8, 4) is 11.5 Å². The number of benzene rings is 1. The van der Waals surface area contributed by atoms with Crippen LogP contribution < -0.4 is 20.1 Å². The van der Waals surface area contributed by atoms with E-state index in [4.69, 9.17) is 14.2 Å². The summed E-state index contributed by atoms with van der Waals surface area (Å²) >= 11 is 0. The van der Waals surface area contributed by atoms with Gasteiger partial charge in [0.15, 0.2) is 17.5 Å². The van der Waals surface area contributed by atoms with Crippen LogP contribution in [-0.4, -0.2) is 46.0 Å². The van der Waals surface area contributed by atoms with Gasteiger partial charge in [0, 0.05) is 31.5 Å². The molecular weight excluding hydrogens is 330 g/mol. The van der Waals surface area contributed by atoms with Gasteiger partial charge in [-0.2, -0.15) is 0 Å². The van der Waals surface area contributed by atoms with Gasteiger partial charge in [0.1, 0.15) is 0 Å². The van der Waals surface area contributed by atoms with Crippen molar-refractivity contribution >= 4 is 11.6 Å².